The molecule has 2 spiro atoms. The van der Waals surface area contributed by atoms with Gasteiger partial charge in [-0.25, -0.2) is 16.8 Å². The van der Waals surface area contributed by atoms with E-state index in [0.29, 0.717) is 32.2 Å². The zero-order valence-corrected chi connectivity index (χ0v) is 61.3. The molecule has 2 aliphatic heterocycles. The SMILES string of the molecule is C=C1C2CCC3C4(C)CC(O[C@@H]5O[C@@H](CNCCN)[C@@H](OOOOS)[C@H](OS(=O)(=O)O)C5O)CC(C(=O)O)C4CCC3(C2)[C@H]1O.C=C1C2CCC3C4(C)CC(O[C@@H]5O[C@@H](CS(=O)(=O)c6ccc(C)cc6)[C@@H](OOOOS)[C@H](OS(=O)(=O)O)C5OC(=O)CC(C)C)CC(C(=O)O)C4CCC3(C2)[C@H]1O. The second-order valence-electron chi connectivity index (χ2n) is 30.3. The minimum Gasteiger partial charge on any atom is -0.481 e. The Morgan fingerprint density at radius 2 is 1.13 bits per heavy atom. The fourth-order valence-corrected chi connectivity index (χ4v) is 22.8. The molecule has 16 unspecified atom stereocenters. The highest BCUT2D eigenvalue weighted by molar-refractivity contribution is 7.91. The molecule has 2 saturated heterocycles. The Balaban J connectivity index is 0.000000226. The molecular formula is C64H96N2O31S5. The fourth-order valence-electron chi connectivity index (χ4n) is 20.3. The van der Waals surface area contributed by atoms with E-state index >= 15 is 0 Å². The molecule has 2 heterocycles. The summed E-state index contributed by atoms with van der Waals surface area (Å²) < 4.78 is 145. The van der Waals surface area contributed by atoms with Gasteiger partial charge in [0.2, 0.25) is 0 Å². The highest BCUT2D eigenvalue weighted by Crippen LogP contribution is 2.73. The first-order valence-corrected chi connectivity index (χ1v) is 39.4. The second kappa shape index (κ2) is 32.6. The van der Waals surface area contributed by atoms with Gasteiger partial charge in [-0.3, -0.25) is 23.5 Å². The van der Waals surface area contributed by atoms with Crippen LogP contribution in [0.25, 0.3) is 0 Å². The zero-order chi connectivity index (χ0) is 74.4. The summed E-state index contributed by atoms with van der Waals surface area (Å²) >= 11 is 6.72. The molecule has 8 aliphatic carbocycles. The molecule has 26 atom stereocenters. The molecule has 102 heavy (non-hydrogen) atoms. The van der Waals surface area contributed by atoms with Crippen molar-refractivity contribution in [1.82, 2.24) is 5.32 Å². The van der Waals surface area contributed by atoms with Crippen LogP contribution in [0.2, 0.25) is 0 Å². The highest BCUT2D eigenvalue weighted by atomic mass is 32.3. The monoisotopic (exact) mass is 1550 g/mol. The lowest BCUT2D eigenvalue weighted by atomic mass is 9.43. The third kappa shape index (κ3) is 17.0. The molecule has 1 aromatic carbocycles. The van der Waals surface area contributed by atoms with Crippen molar-refractivity contribution < 1.29 is 145 Å². The summed E-state index contributed by atoms with van der Waals surface area (Å²) in [5, 5.41) is 75.6. The van der Waals surface area contributed by atoms with Crippen LogP contribution in [-0.4, -0.2) is 189 Å². The number of thiol groups is 2. The first kappa shape index (κ1) is 81.3. The normalized spacial score (nSPS) is 41.0. The Morgan fingerprint density at radius 3 is 1.59 bits per heavy atom. The lowest BCUT2D eigenvalue weighted by Gasteiger charge is -2.62. The molecule has 10 fully saturated rings. The summed E-state index contributed by atoms with van der Waals surface area (Å²) in [6, 6.07) is 5.87. The van der Waals surface area contributed by atoms with Gasteiger partial charge in [0.1, 0.15) is 24.4 Å². The van der Waals surface area contributed by atoms with E-state index in [-0.39, 0.29) is 90.5 Å². The maximum absolute atomic E-state index is 13.8. The molecule has 8 saturated carbocycles. The largest absolute Gasteiger partial charge is 0.481 e. The van der Waals surface area contributed by atoms with Gasteiger partial charge in [0.25, 0.3) is 0 Å². The number of aliphatic hydroxyl groups is 3. The van der Waals surface area contributed by atoms with E-state index in [1.54, 1.807) is 32.9 Å². The van der Waals surface area contributed by atoms with Crippen molar-refractivity contribution in [3.05, 3.63) is 54.1 Å². The second-order valence-corrected chi connectivity index (χ2v) is 34.7. The number of carbonyl (C=O) groups excluding carboxylic acids is 1. The average molecular weight is 1550 g/mol. The topological polar surface area (TPSA) is 472 Å². The number of benzene rings is 1. The van der Waals surface area contributed by atoms with Gasteiger partial charge in [0, 0.05) is 62.7 Å². The molecule has 578 valence electrons. The van der Waals surface area contributed by atoms with Crippen LogP contribution in [-0.2, 0) is 116 Å². The number of ether oxygens (including phenoxy) is 5. The van der Waals surface area contributed by atoms with Crippen LogP contribution in [0.5, 0.6) is 0 Å². The minimum atomic E-state index is -5.42. The number of hydrogen-bond donors (Lipinski definition) is 11. The molecule has 0 amide bonds. The Labute approximate surface area is 603 Å². The van der Waals surface area contributed by atoms with Crippen LogP contribution in [0.1, 0.15) is 130 Å². The van der Waals surface area contributed by atoms with Crippen molar-refractivity contribution in [2.45, 2.75) is 222 Å². The van der Waals surface area contributed by atoms with Crippen molar-refractivity contribution in [3.63, 3.8) is 0 Å². The number of carboxylic acids is 2. The van der Waals surface area contributed by atoms with Gasteiger partial charge in [-0.1, -0.05) is 58.5 Å². The lowest BCUT2D eigenvalue weighted by molar-refractivity contribution is -0.620. The van der Waals surface area contributed by atoms with Crippen molar-refractivity contribution >= 4 is 74.4 Å². The number of aliphatic hydroxyl groups excluding tert-OH is 3. The van der Waals surface area contributed by atoms with Crippen LogP contribution in [0.15, 0.2) is 53.5 Å². The molecule has 10 N–H and O–H groups in total. The number of sulfone groups is 1. The van der Waals surface area contributed by atoms with Crippen molar-refractivity contribution in [2.75, 3.05) is 25.4 Å². The van der Waals surface area contributed by atoms with E-state index in [2.05, 4.69) is 80.0 Å². The van der Waals surface area contributed by atoms with Gasteiger partial charge in [-0.05, 0) is 193 Å². The fraction of sp³-hybridized carbons (Fsp3) is 0.797. The standard InChI is InChI=1S/C37H52O17S3.C27H44N2O14S2/c1-19(2)14-29(38)49-32-31(51-57(44,45)46)30(50-52-53-54-55)27(18-56(42,43)24-9-6-20(3)7-10-24)48-35(32)47-23-15-25(34(40)41)26-12-13-37-16-22(21(4)33(37)39)8-11-28(37)36(26,5)17-23;1-13-14-3-4-19-26(2)11-15(9-16(24(32)33)17(26)5-6-27(19,10-14)23(13)31)37-25-20(30)22(40-45(34,35)36)21(39-41-42-43-44)18(38-25)12-29-8-7-28/h6-7,9-10,19,22-23,25-28,30-33,35,39,55H,4,8,11-18H2,1-3,5H3,(H,40,41)(H,44,45,46);14-23,25,29-31,44H,1,3-12,28H2,2H3,(H,32,33)(H,34,35,36)/t22?,23?,25?,26?,27-,28?,30+,31-,32?,33-,35+,36?,37?;14?,15?,16?,17?,18-,19?,20?,21+,22+,23-,25+,26?,27?/m00/s1. The van der Waals surface area contributed by atoms with E-state index < -0.39 is 168 Å². The van der Waals surface area contributed by atoms with Crippen LogP contribution in [0.4, 0.5) is 0 Å². The molecule has 0 radical (unpaired) electrons. The minimum absolute atomic E-state index is 0.0208. The van der Waals surface area contributed by atoms with Gasteiger partial charge in [-0.15, -0.1) is 8.67 Å². The molecule has 1 aromatic rings. The average Bonchev–Trinajstić information content (AvgIpc) is 1.44. The number of rotatable bonds is 28. The molecule has 33 nitrogen and oxygen atoms in total. The summed E-state index contributed by atoms with van der Waals surface area (Å²) in [5.74, 6) is -5.77. The van der Waals surface area contributed by atoms with Crippen LogP contribution >= 0.6 is 25.8 Å². The van der Waals surface area contributed by atoms with Crippen LogP contribution in [0, 0.1) is 81.8 Å². The number of carboxylic acid groups (broad SMARTS) is 2. The molecule has 38 heteroatoms. The van der Waals surface area contributed by atoms with Crippen molar-refractivity contribution in [1.29, 1.82) is 0 Å². The molecular weight excluding hydrogens is 1450 g/mol. The Bertz CT molecular complexity index is 3510. The zero-order valence-electron chi connectivity index (χ0n) is 57.1. The maximum atomic E-state index is 13.8. The van der Waals surface area contributed by atoms with Gasteiger partial charge >= 0.3 is 38.7 Å². The molecule has 0 aromatic heterocycles. The smallest absolute Gasteiger partial charge is 0.397 e. The summed E-state index contributed by atoms with van der Waals surface area (Å²) in [6.07, 6.45) is -12.4. The summed E-state index contributed by atoms with van der Waals surface area (Å²) in [7, 11) is -14.8. The van der Waals surface area contributed by atoms with E-state index in [1.165, 1.54) is 12.1 Å². The number of aryl methyl sites for hydroxylation is 1. The molecule has 11 rings (SSSR count). The quantitative estimate of drug-likeness (QED) is 0.00620. The summed E-state index contributed by atoms with van der Waals surface area (Å²) in [6.45, 7) is 18.3. The maximum Gasteiger partial charge on any atom is 0.397 e. The number of hydrogen-bond acceptors (Lipinski definition) is 31. The molecule has 4 bridgehead atoms. The van der Waals surface area contributed by atoms with E-state index in [4.69, 9.17) is 47.6 Å². The predicted octanol–water partition coefficient (Wildman–Crippen LogP) is 4.76. The third-order valence-electron chi connectivity index (χ3n) is 24.2. The third-order valence-corrected chi connectivity index (χ3v) is 27.0. The van der Waals surface area contributed by atoms with Crippen LogP contribution < -0.4 is 11.1 Å². The Hall–Kier alpha value is -3.18. The van der Waals surface area contributed by atoms with Crippen molar-refractivity contribution in [2.24, 2.45) is 80.7 Å². The first-order valence-electron chi connectivity index (χ1n) is 34.2. The van der Waals surface area contributed by atoms with E-state index in [9.17, 15) is 74.3 Å². The van der Waals surface area contributed by atoms with Gasteiger partial charge < -0.3 is 60.3 Å². The van der Waals surface area contributed by atoms with Crippen molar-refractivity contribution in [3.8, 4) is 0 Å². The number of nitrogens with two attached hydrogens (primary N) is 1. The number of esters is 1. The number of carbonyl (C=O) groups is 3. The van der Waals surface area contributed by atoms with Gasteiger partial charge in [0.05, 0.1) is 46.9 Å². The number of nitrogens with one attached hydrogen (secondary N) is 1. The number of fused-ring (bicyclic) bond motifs is 6. The Kier molecular flexibility index (Phi) is 26.0. The lowest BCUT2D eigenvalue weighted by Crippen LogP contribution is -2.64. The highest BCUT2D eigenvalue weighted by Gasteiger charge is 2.69. The predicted molar refractivity (Wildman–Crippen MR) is 354 cm³/mol. The van der Waals surface area contributed by atoms with E-state index in [1.807, 2.05) is 6.92 Å². The van der Waals surface area contributed by atoms with Crippen LogP contribution in [0.3, 0.4) is 0 Å². The summed E-state index contributed by atoms with van der Waals surface area (Å²) in [4.78, 5) is 49.1. The number of aliphatic carboxylic acids is 2. The Morgan fingerprint density at radius 1 is 0.657 bits per heavy atom. The first-order chi connectivity index (χ1) is 47.9. The molecule has 10 aliphatic rings. The van der Waals surface area contributed by atoms with Gasteiger partial charge in [-0.2, -0.15) is 26.6 Å². The summed E-state index contributed by atoms with van der Waals surface area (Å²) in [5.41, 5.74) is 5.94. The van der Waals surface area contributed by atoms with E-state index in [0.717, 1.165) is 61.7 Å². The van der Waals surface area contributed by atoms with Gasteiger partial charge in [0.15, 0.2) is 46.8 Å².